The zero-order valence-corrected chi connectivity index (χ0v) is 10.4. The lowest BCUT2D eigenvalue weighted by Crippen LogP contribution is -1.98. The molecule has 1 aromatic carbocycles. The predicted molar refractivity (Wildman–Crippen MR) is 57.8 cm³/mol. The number of nitrogens with zero attached hydrogens (tertiary/aromatic N) is 1. The summed E-state index contributed by atoms with van der Waals surface area (Å²) in [5, 5.41) is 17.6. The molecule has 7 heteroatoms. The van der Waals surface area contributed by atoms with Crippen LogP contribution in [0.3, 0.4) is 0 Å². The summed E-state index contributed by atoms with van der Waals surface area (Å²) in [6, 6.07) is 4.32. The van der Waals surface area contributed by atoms with Crippen molar-refractivity contribution in [3.05, 3.63) is 27.7 Å². The number of aliphatic hydroxyl groups excluding tert-OH is 1. The first-order chi connectivity index (χ1) is 6.90. The van der Waals surface area contributed by atoms with Gasteiger partial charge < -0.3 is 5.11 Å². The van der Waals surface area contributed by atoms with Gasteiger partial charge in [0.2, 0.25) is 0 Å². The van der Waals surface area contributed by atoms with Gasteiger partial charge >= 0.3 is 0 Å². The zero-order valence-electron chi connectivity index (χ0n) is 7.24. The fraction of sp³-hybridized carbons (Fsp3) is 0.125. The van der Waals surface area contributed by atoms with Crippen molar-refractivity contribution in [2.24, 2.45) is 0 Å². The summed E-state index contributed by atoms with van der Waals surface area (Å²) in [6.45, 7) is -0.379. The van der Waals surface area contributed by atoms with E-state index < -0.39 is 9.05 Å². The summed E-state index contributed by atoms with van der Waals surface area (Å²) < 4.78 is 22.4. The first-order valence-electron chi connectivity index (χ1n) is 3.68. The average molecular weight is 311 g/mol. The highest BCUT2D eigenvalue weighted by Gasteiger charge is 2.18. The lowest BCUT2D eigenvalue weighted by molar-refractivity contribution is 0.280. The molecule has 0 unspecified atom stereocenters. The molecule has 1 rings (SSSR count). The molecule has 0 radical (unpaired) electrons. The third-order valence-electron chi connectivity index (χ3n) is 1.68. The molecule has 15 heavy (non-hydrogen) atoms. The van der Waals surface area contributed by atoms with Crippen LogP contribution in [0.25, 0.3) is 0 Å². The quantitative estimate of drug-likeness (QED) is 0.844. The van der Waals surface area contributed by atoms with Crippen LogP contribution in [0, 0.1) is 11.3 Å². The second kappa shape index (κ2) is 4.49. The molecule has 0 amide bonds. The van der Waals surface area contributed by atoms with Gasteiger partial charge in [0, 0.05) is 15.2 Å². The van der Waals surface area contributed by atoms with E-state index in [0.29, 0.717) is 5.56 Å². The predicted octanol–water partition coefficient (Wildman–Crippen LogP) is 1.74. The van der Waals surface area contributed by atoms with Crippen molar-refractivity contribution < 1.29 is 13.5 Å². The van der Waals surface area contributed by atoms with Gasteiger partial charge in [0.05, 0.1) is 23.1 Å². The van der Waals surface area contributed by atoms with Gasteiger partial charge in [-0.2, -0.15) is 5.26 Å². The van der Waals surface area contributed by atoms with Crippen molar-refractivity contribution in [1.82, 2.24) is 0 Å². The summed E-state index contributed by atoms with van der Waals surface area (Å²) in [6.07, 6.45) is 0. The number of nitriles is 1. The summed E-state index contributed by atoms with van der Waals surface area (Å²) in [7, 11) is 1.24. The third-order valence-corrected chi connectivity index (χ3v) is 4.22. The SMILES string of the molecule is N#Cc1cc(CO)c(Br)c(S(=O)(=O)Cl)c1. The van der Waals surface area contributed by atoms with Crippen molar-refractivity contribution in [2.45, 2.75) is 11.5 Å². The van der Waals surface area contributed by atoms with Crippen molar-refractivity contribution in [1.29, 1.82) is 5.26 Å². The van der Waals surface area contributed by atoms with Gasteiger partial charge in [0.25, 0.3) is 9.05 Å². The molecule has 0 fully saturated rings. The maximum absolute atomic E-state index is 11.1. The van der Waals surface area contributed by atoms with E-state index in [1.54, 1.807) is 6.07 Å². The Morgan fingerprint density at radius 1 is 1.53 bits per heavy atom. The normalized spacial score (nSPS) is 11.1. The molecule has 0 aliphatic rings. The lowest BCUT2D eigenvalue weighted by atomic mass is 10.1. The molecule has 0 saturated heterocycles. The Kier molecular flexibility index (Phi) is 3.73. The molecule has 0 saturated carbocycles. The molecule has 0 aliphatic carbocycles. The van der Waals surface area contributed by atoms with Crippen LogP contribution >= 0.6 is 26.6 Å². The summed E-state index contributed by atoms with van der Waals surface area (Å²) in [5.41, 5.74) is 0.426. The van der Waals surface area contributed by atoms with Crippen molar-refractivity contribution >= 4 is 35.7 Å². The van der Waals surface area contributed by atoms with Crippen LogP contribution < -0.4 is 0 Å². The highest BCUT2D eigenvalue weighted by Crippen LogP contribution is 2.29. The Morgan fingerprint density at radius 2 is 2.13 bits per heavy atom. The van der Waals surface area contributed by atoms with Crippen molar-refractivity contribution in [2.75, 3.05) is 0 Å². The number of hydrogen-bond donors (Lipinski definition) is 1. The number of rotatable bonds is 2. The molecule has 0 atom stereocenters. The lowest BCUT2D eigenvalue weighted by Gasteiger charge is -2.06. The van der Waals surface area contributed by atoms with E-state index in [2.05, 4.69) is 15.9 Å². The Bertz CT molecular complexity index is 536. The molecule has 4 nitrogen and oxygen atoms in total. The van der Waals surface area contributed by atoms with Gasteiger partial charge in [0.1, 0.15) is 0 Å². The molecule has 0 spiro atoms. The maximum atomic E-state index is 11.1. The Hall–Kier alpha value is -0.610. The van der Waals surface area contributed by atoms with Gasteiger partial charge in [-0.1, -0.05) is 0 Å². The third kappa shape index (κ3) is 2.69. The second-order valence-corrected chi connectivity index (χ2v) is 5.98. The molecule has 80 valence electrons. The Labute approximate surface area is 99.6 Å². The maximum Gasteiger partial charge on any atom is 0.262 e. The standard InChI is InChI=1S/C8H5BrClNO3S/c9-8-6(4-12)1-5(3-11)2-7(8)15(10,13)14/h1-2,12H,4H2. The van der Waals surface area contributed by atoms with Crippen LogP contribution in [-0.2, 0) is 15.7 Å². The molecule has 0 heterocycles. The van der Waals surface area contributed by atoms with Crippen molar-refractivity contribution in [3.63, 3.8) is 0 Å². The minimum Gasteiger partial charge on any atom is -0.392 e. The van der Waals surface area contributed by atoms with Gasteiger partial charge in [-0.25, -0.2) is 8.42 Å². The minimum atomic E-state index is -3.94. The van der Waals surface area contributed by atoms with Crippen LogP contribution in [0.2, 0.25) is 0 Å². The molecular formula is C8H5BrClNO3S. The summed E-state index contributed by atoms with van der Waals surface area (Å²) in [5.74, 6) is 0. The van der Waals surface area contributed by atoms with Crippen LogP contribution in [0.4, 0.5) is 0 Å². The fourth-order valence-electron chi connectivity index (χ4n) is 1.01. The van der Waals surface area contributed by atoms with E-state index in [0.717, 1.165) is 6.07 Å². The highest BCUT2D eigenvalue weighted by molar-refractivity contribution is 9.10. The first-order valence-corrected chi connectivity index (χ1v) is 6.78. The van der Waals surface area contributed by atoms with E-state index >= 15 is 0 Å². The largest absolute Gasteiger partial charge is 0.392 e. The molecule has 0 aromatic heterocycles. The number of halogens is 2. The van der Waals surface area contributed by atoms with Crippen LogP contribution in [0.15, 0.2) is 21.5 Å². The molecule has 1 N–H and O–H groups in total. The van der Waals surface area contributed by atoms with E-state index in [1.165, 1.54) is 6.07 Å². The zero-order chi connectivity index (χ0) is 11.6. The monoisotopic (exact) mass is 309 g/mol. The minimum absolute atomic E-state index is 0.126. The van der Waals surface area contributed by atoms with Crippen LogP contribution in [-0.4, -0.2) is 13.5 Å². The topological polar surface area (TPSA) is 78.2 Å². The molecular weight excluding hydrogens is 306 g/mol. The number of benzene rings is 1. The molecule has 1 aromatic rings. The van der Waals surface area contributed by atoms with Crippen molar-refractivity contribution in [3.8, 4) is 6.07 Å². The summed E-state index contributed by atoms with van der Waals surface area (Å²) in [4.78, 5) is -0.215. The number of aliphatic hydroxyl groups is 1. The van der Waals surface area contributed by atoms with E-state index in [4.69, 9.17) is 21.1 Å². The molecule has 0 aliphatic heterocycles. The van der Waals surface area contributed by atoms with Gasteiger partial charge in [-0.3, -0.25) is 0 Å². The van der Waals surface area contributed by atoms with Gasteiger partial charge in [0.15, 0.2) is 0 Å². The smallest absolute Gasteiger partial charge is 0.262 e. The van der Waals surface area contributed by atoms with E-state index in [9.17, 15) is 8.42 Å². The van der Waals surface area contributed by atoms with Gasteiger partial charge in [-0.15, -0.1) is 0 Å². The second-order valence-electron chi connectivity index (χ2n) is 2.66. The van der Waals surface area contributed by atoms with E-state index in [-0.39, 0.29) is 21.5 Å². The van der Waals surface area contributed by atoms with Gasteiger partial charge in [-0.05, 0) is 33.6 Å². The van der Waals surface area contributed by atoms with E-state index in [1.807, 2.05) is 0 Å². The Morgan fingerprint density at radius 3 is 2.53 bits per heavy atom. The highest BCUT2D eigenvalue weighted by atomic mass is 79.9. The van der Waals surface area contributed by atoms with Crippen LogP contribution in [0.1, 0.15) is 11.1 Å². The average Bonchev–Trinajstić information content (AvgIpc) is 2.16. The fourth-order valence-corrected chi connectivity index (χ4v) is 3.26. The molecule has 0 bridgehead atoms. The first kappa shape index (κ1) is 12.5. The summed E-state index contributed by atoms with van der Waals surface area (Å²) >= 11 is 3.01. The van der Waals surface area contributed by atoms with Crippen LogP contribution in [0.5, 0.6) is 0 Å². The Balaban J connectivity index is 3.60. The number of hydrogen-bond acceptors (Lipinski definition) is 4.